The Morgan fingerprint density at radius 1 is 1.04 bits per heavy atom. The van der Waals surface area contributed by atoms with Crippen LogP contribution in [-0.2, 0) is 4.74 Å². The van der Waals surface area contributed by atoms with Gasteiger partial charge >= 0.3 is 6.09 Å². The minimum Gasteiger partial charge on any atom is -0.444 e. The van der Waals surface area contributed by atoms with Gasteiger partial charge in [-0.05, 0) is 44.0 Å². The Morgan fingerprint density at radius 3 is 2.31 bits per heavy atom. The van der Waals surface area contributed by atoms with Crippen molar-refractivity contribution in [3.05, 3.63) is 47.6 Å². The quantitative estimate of drug-likeness (QED) is 0.729. The lowest BCUT2D eigenvalue weighted by molar-refractivity contribution is 0.0240. The molecule has 1 fully saturated rings. The van der Waals surface area contributed by atoms with Crippen LogP contribution in [-0.4, -0.2) is 47.8 Å². The molecule has 0 radical (unpaired) electrons. The van der Waals surface area contributed by atoms with Crippen molar-refractivity contribution in [2.75, 3.05) is 31.1 Å². The monoisotopic (exact) mass is 373 g/mol. The average molecular weight is 374 g/mol. The van der Waals surface area contributed by atoms with Crippen LogP contribution in [0.1, 0.15) is 20.8 Å². The van der Waals surface area contributed by atoms with Crippen LogP contribution in [0.4, 0.5) is 10.6 Å². The molecule has 2 aromatic rings. The fourth-order valence-corrected chi connectivity index (χ4v) is 3.09. The number of rotatable bonds is 2. The van der Waals surface area contributed by atoms with Crippen LogP contribution < -0.4 is 4.90 Å². The number of aromatic nitrogens is 1. The van der Waals surface area contributed by atoms with E-state index in [2.05, 4.69) is 22.0 Å². The van der Waals surface area contributed by atoms with Gasteiger partial charge < -0.3 is 14.5 Å². The first-order valence-corrected chi connectivity index (χ1v) is 9.15. The van der Waals surface area contributed by atoms with Gasteiger partial charge in [0.05, 0.1) is 0 Å². The molecule has 5 nitrogen and oxygen atoms in total. The van der Waals surface area contributed by atoms with E-state index in [9.17, 15) is 4.79 Å². The van der Waals surface area contributed by atoms with Gasteiger partial charge in [-0.3, -0.25) is 0 Å². The van der Waals surface area contributed by atoms with Gasteiger partial charge in [0.15, 0.2) is 0 Å². The molecule has 0 unspecified atom stereocenters. The first kappa shape index (κ1) is 18.5. The number of carbonyl (C=O) groups excluding carboxylic acids is 1. The van der Waals surface area contributed by atoms with Crippen LogP contribution in [0.5, 0.6) is 0 Å². The van der Waals surface area contributed by atoms with Gasteiger partial charge in [0.25, 0.3) is 0 Å². The van der Waals surface area contributed by atoms with Crippen molar-refractivity contribution in [2.45, 2.75) is 26.4 Å². The zero-order chi connectivity index (χ0) is 18.7. The topological polar surface area (TPSA) is 45.7 Å². The summed E-state index contributed by atoms with van der Waals surface area (Å²) in [7, 11) is 0. The SMILES string of the molecule is CC(C)(C)OC(=O)N1CCN(c2cc(-c3ccccc3)cc(Cl)n2)CC1. The number of piperazine rings is 1. The minimum atomic E-state index is -0.479. The van der Waals surface area contributed by atoms with Crippen molar-refractivity contribution < 1.29 is 9.53 Å². The van der Waals surface area contributed by atoms with E-state index >= 15 is 0 Å². The fraction of sp³-hybridized carbons (Fsp3) is 0.400. The highest BCUT2D eigenvalue weighted by Crippen LogP contribution is 2.27. The van der Waals surface area contributed by atoms with Gasteiger partial charge in [-0.2, -0.15) is 0 Å². The van der Waals surface area contributed by atoms with Crippen molar-refractivity contribution in [2.24, 2.45) is 0 Å². The molecule has 0 N–H and O–H groups in total. The van der Waals surface area contributed by atoms with Crippen molar-refractivity contribution >= 4 is 23.5 Å². The predicted molar refractivity (Wildman–Crippen MR) is 105 cm³/mol. The number of carbonyl (C=O) groups is 1. The maximum absolute atomic E-state index is 12.2. The molecule has 3 rings (SSSR count). The number of hydrogen-bond acceptors (Lipinski definition) is 4. The summed E-state index contributed by atoms with van der Waals surface area (Å²) in [6.07, 6.45) is -0.263. The van der Waals surface area contributed by atoms with E-state index in [0.29, 0.717) is 31.3 Å². The Kier molecular flexibility index (Phi) is 5.37. The molecule has 1 amide bonds. The van der Waals surface area contributed by atoms with Crippen LogP contribution in [0, 0.1) is 0 Å². The maximum Gasteiger partial charge on any atom is 0.410 e. The van der Waals surface area contributed by atoms with E-state index in [0.717, 1.165) is 16.9 Å². The molecule has 0 atom stereocenters. The number of benzene rings is 1. The molecule has 26 heavy (non-hydrogen) atoms. The second-order valence-corrected chi connectivity index (χ2v) is 7.74. The molecule has 0 bridgehead atoms. The Morgan fingerprint density at radius 2 is 1.69 bits per heavy atom. The second-order valence-electron chi connectivity index (χ2n) is 7.36. The Bertz CT molecular complexity index is 766. The highest BCUT2D eigenvalue weighted by Gasteiger charge is 2.26. The van der Waals surface area contributed by atoms with E-state index in [4.69, 9.17) is 16.3 Å². The first-order chi connectivity index (χ1) is 12.3. The molecule has 0 spiro atoms. The number of halogens is 1. The highest BCUT2D eigenvalue weighted by molar-refractivity contribution is 6.29. The number of nitrogens with zero attached hydrogens (tertiary/aromatic N) is 3. The minimum absolute atomic E-state index is 0.263. The number of ether oxygens (including phenoxy) is 1. The molecular formula is C20H24ClN3O2. The van der Waals surface area contributed by atoms with Crippen LogP contribution in [0.3, 0.4) is 0 Å². The van der Waals surface area contributed by atoms with E-state index in [1.165, 1.54) is 0 Å². The summed E-state index contributed by atoms with van der Waals surface area (Å²) in [6.45, 7) is 8.22. The van der Waals surface area contributed by atoms with Crippen molar-refractivity contribution in [1.82, 2.24) is 9.88 Å². The van der Waals surface area contributed by atoms with Gasteiger partial charge in [-0.25, -0.2) is 9.78 Å². The average Bonchev–Trinajstić information content (AvgIpc) is 2.61. The van der Waals surface area contributed by atoms with E-state index in [1.54, 1.807) is 4.90 Å². The standard InChI is InChI=1S/C20H24ClN3O2/c1-20(2,3)26-19(25)24-11-9-23(10-12-24)18-14-16(13-17(21)22-18)15-7-5-4-6-8-15/h4-8,13-14H,9-12H2,1-3H3. The molecular weight excluding hydrogens is 350 g/mol. The number of amides is 1. The van der Waals surface area contributed by atoms with Crippen LogP contribution in [0.2, 0.25) is 5.15 Å². The van der Waals surface area contributed by atoms with E-state index < -0.39 is 5.60 Å². The van der Waals surface area contributed by atoms with Gasteiger partial charge in [-0.1, -0.05) is 41.9 Å². The fourth-order valence-electron chi connectivity index (χ4n) is 2.89. The highest BCUT2D eigenvalue weighted by atomic mass is 35.5. The first-order valence-electron chi connectivity index (χ1n) is 8.78. The van der Waals surface area contributed by atoms with Gasteiger partial charge in [0, 0.05) is 26.2 Å². The lowest BCUT2D eigenvalue weighted by atomic mass is 10.1. The largest absolute Gasteiger partial charge is 0.444 e. The van der Waals surface area contributed by atoms with Crippen LogP contribution in [0.25, 0.3) is 11.1 Å². The van der Waals surface area contributed by atoms with Crippen LogP contribution >= 0.6 is 11.6 Å². The Balaban J connectivity index is 1.70. The second kappa shape index (κ2) is 7.54. The van der Waals surface area contributed by atoms with Gasteiger partial charge in [0.1, 0.15) is 16.6 Å². The third-order valence-corrected chi connectivity index (χ3v) is 4.34. The van der Waals surface area contributed by atoms with E-state index in [1.807, 2.05) is 51.1 Å². The third kappa shape index (κ3) is 4.67. The molecule has 1 saturated heterocycles. The normalized spacial score (nSPS) is 15.1. The van der Waals surface area contributed by atoms with Crippen molar-refractivity contribution in [1.29, 1.82) is 0 Å². The summed E-state index contributed by atoms with van der Waals surface area (Å²) < 4.78 is 5.45. The molecule has 138 valence electrons. The summed E-state index contributed by atoms with van der Waals surface area (Å²) >= 11 is 6.25. The lowest BCUT2D eigenvalue weighted by Gasteiger charge is -2.36. The molecule has 0 saturated carbocycles. The smallest absolute Gasteiger partial charge is 0.410 e. The zero-order valence-corrected chi connectivity index (χ0v) is 16.2. The zero-order valence-electron chi connectivity index (χ0n) is 15.4. The Labute approximate surface area is 159 Å². The summed E-state index contributed by atoms with van der Waals surface area (Å²) in [4.78, 5) is 20.6. The molecule has 1 aromatic heterocycles. The number of hydrogen-bond donors (Lipinski definition) is 0. The third-order valence-electron chi connectivity index (χ3n) is 4.14. The van der Waals surface area contributed by atoms with Crippen molar-refractivity contribution in [3.8, 4) is 11.1 Å². The summed E-state index contributed by atoms with van der Waals surface area (Å²) in [6, 6.07) is 14.0. The lowest BCUT2D eigenvalue weighted by Crippen LogP contribution is -2.50. The van der Waals surface area contributed by atoms with Crippen LogP contribution in [0.15, 0.2) is 42.5 Å². The number of pyridine rings is 1. The summed E-state index contributed by atoms with van der Waals surface area (Å²) in [5, 5.41) is 0.468. The van der Waals surface area contributed by atoms with Crippen molar-refractivity contribution in [3.63, 3.8) is 0 Å². The summed E-state index contributed by atoms with van der Waals surface area (Å²) in [5.74, 6) is 0.834. The summed E-state index contributed by atoms with van der Waals surface area (Å²) in [5.41, 5.74) is 1.66. The van der Waals surface area contributed by atoms with Gasteiger partial charge in [-0.15, -0.1) is 0 Å². The predicted octanol–water partition coefficient (Wildman–Crippen LogP) is 4.46. The molecule has 0 aliphatic carbocycles. The van der Waals surface area contributed by atoms with Gasteiger partial charge in [0.2, 0.25) is 0 Å². The Hall–Kier alpha value is -2.27. The van der Waals surface area contributed by atoms with E-state index in [-0.39, 0.29) is 6.09 Å². The molecule has 1 aliphatic heterocycles. The molecule has 1 aliphatic rings. The number of anilines is 1. The molecule has 1 aromatic carbocycles. The molecule has 2 heterocycles. The molecule has 6 heteroatoms. The maximum atomic E-state index is 12.2.